The van der Waals surface area contributed by atoms with Crippen LogP contribution < -0.4 is 0 Å². The first kappa shape index (κ1) is 12.1. The van der Waals surface area contributed by atoms with Crippen LogP contribution in [0.1, 0.15) is 15.9 Å². The molecule has 0 fully saturated rings. The third-order valence-corrected chi connectivity index (χ3v) is 1.50. The van der Waals surface area contributed by atoms with E-state index in [1.165, 1.54) is 0 Å². The number of aryl methyl sites for hydroxylation is 1. The molecule has 0 aliphatic rings. The fourth-order valence-electron chi connectivity index (χ4n) is 0.685. The molecule has 4 heteroatoms. The Bertz CT molecular complexity index is 280. The van der Waals surface area contributed by atoms with E-state index in [9.17, 15) is 4.79 Å². The van der Waals surface area contributed by atoms with Crippen molar-refractivity contribution in [1.29, 1.82) is 0 Å². The average molecular weight is 219 g/mol. The summed E-state index contributed by atoms with van der Waals surface area (Å²) >= 11 is 9.53. The lowest BCUT2D eigenvalue weighted by Crippen LogP contribution is -1.86. The van der Waals surface area contributed by atoms with E-state index in [1.807, 2.05) is 19.1 Å². The van der Waals surface area contributed by atoms with Gasteiger partial charge in [0, 0.05) is 5.56 Å². The largest absolute Gasteiger partial charge is 0.285 e. The van der Waals surface area contributed by atoms with Gasteiger partial charge in [-0.3, -0.25) is 9.59 Å². The topological polar surface area (TPSA) is 34.1 Å². The summed E-state index contributed by atoms with van der Waals surface area (Å²) in [6.07, 6.45) is 0. The van der Waals surface area contributed by atoms with Crippen molar-refractivity contribution in [2.45, 2.75) is 6.92 Å². The van der Waals surface area contributed by atoms with E-state index >= 15 is 0 Å². The molecule has 0 aliphatic carbocycles. The molecular weight excluding hydrogens is 211 g/mol. The molecule has 1 rings (SSSR count). The van der Waals surface area contributed by atoms with E-state index in [2.05, 4.69) is 11.6 Å². The Morgan fingerprint density at radius 3 is 2.00 bits per heavy atom. The molecule has 70 valence electrons. The predicted molar refractivity (Wildman–Crippen MR) is 54.0 cm³/mol. The van der Waals surface area contributed by atoms with Gasteiger partial charge in [0.05, 0.1) is 0 Å². The Morgan fingerprint density at radius 2 is 1.69 bits per heavy atom. The summed E-state index contributed by atoms with van der Waals surface area (Å²) in [7, 11) is 0. The van der Waals surface area contributed by atoms with Gasteiger partial charge >= 0.3 is 0 Å². The molecule has 0 saturated carbocycles. The van der Waals surface area contributed by atoms with Crippen LogP contribution in [0.15, 0.2) is 24.3 Å². The number of carbonyl (C=O) groups excluding carboxylic acids is 2. The molecule has 2 nitrogen and oxygen atoms in total. The Labute approximate surface area is 86.5 Å². The van der Waals surface area contributed by atoms with Gasteiger partial charge in [-0.05, 0) is 42.3 Å². The van der Waals surface area contributed by atoms with Crippen molar-refractivity contribution in [2.24, 2.45) is 0 Å². The quantitative estimate of drug-likeness (QED) is 0.537. The van der Waals surface area contributed by atoms with Crippen molar-refractivity contribution >= 4 is 34.2 Å². The number of halogens is 2. The first-order chi connectivity index (χ1) is 6.11. The van der Waals surface area contributed by atoms with E-state index in [0.29, 0.717) is 5.56 Å². The lowest BCUT2D eigenvalue weighted by atomic mass is 10.2. The molecule has 0 saturated heterocycles. The summed E-state index contributed by atoms with van der Waals surface area (Å²) in [4.78, 5) is 19.1. The van der Waals surface area contributed by atoms with Gasteiger partial charge in [0.1, 0.15) is 0 Å². The molecular formula is C9H8Cl2O2. The number of hydrogen-bond donors (Lipinski definition) is 0. The van der Waals surface area contributed by atoms with Gasteiger partial charge in [0.25, 0.3) is 5.24 Å². The summed E-state index contributed by atoms with van der Waals surface area (Å²) < 4.78 is 0. The number of hydrogen-bond acceptors (Lipinski definition) is 2. The standard InChI is InChI=1S/C8H7ClO.CHClO/c1-6-2-4-7(5-3-6)8(9)10;2-1-3/h2-5H,1H3;1H. The van der Waals surface area contributed by atoms with E-state index in [0.717, 1.165) is 5.56 Å². The maximum atomic E-state index is 10.5. The molecule has 0 aliphatic heterocycles. The van der Waals surface area contributed by atoms with Crippen LogP contribution in [-0.2, 0) is 4.79 Å². The second-order valence-electron chi connectivity index (χ2n) is 2.23. The summed E-state index contributed by atoms with van der Waals surface area (Å²) in [5.41, 5.74) is 1.67. The molecule has 0 aromatic heterocycles. The molecule has 1 aromatic rings. The van der Waals surface area contributed by atoms with Crippen LogP contribution >= 0.6 is 23.2 Å². The lowest BCUT2D eigenvalue weighted by molar-refractivity contribution is 0.108. The summed E-state index contributed by atoms with van der Waals surface area (Å²) in [5.74, 6) is 0.222. The van der Waals surface area contributed by atoms with E-state index in [1.54, 1.807) is 12.1 Å². The molecule has 1 aromatic carbocycles. The van der Waals surface area contributed by atoms with Crippen molar-refractivity contribution < 1.29 is 9.59 Å². The molecule has 0 unspecified atom stereocenters. The minimum atomic E-state index is -0.403. The first-order valence-corrected chi connectivity index (χ1v) is 4.23. The number of carbonyl (C=O) groups is 2. The third kappa shape index (κ3) is 5.39. The van der Waals surface area contributed by atoms with Crippen LogP contribution in [0.3, 0.4) is 0 Å². The van der Waals surface area contributed by atoms with Gasteiger partial charge in [-0.15, -0.1) is 0 Å². The normalized spacial score (nSPS) is 8.23. The first-order valence-electron chi connectivity index (χ1n) is 3.42. The summed E-state index contributed by atoms with van der Waals surface area (Å²) in [5, 5.41) is -0.403. The van der Waals surface area contributed by atoms with Gasteiger partial charge in [0.2, 0.25) is 5.75 Å². The maximum absolute atomic E-state index is 10.5. The molecule has 0 spiro atoms. The maximum Gasteiger partial charge on any atom is 0.252 e. The Morgan fingerprint density at radius 1 is 1.31 bits per heavy atom. The second kappa shape index (κ2) is 6.63. The Balaban J connectivity index is 0.000000424. The van der Waals surface area contributed by atoms with Gasteiger partial charge in [-0.2, -0.15) is 0 Å². The van der Waals surface area contributed by atoms with Crippen molar-refractivity contribution in [3.8, 4) is 0 Å². The molecule has 0 atom stereocenters. The number of rotatable bonds is 1. The molecule has 0 bridgehead atoms. The van der Waals surface area contributed by atoms with Crippen LogP contribution in [0.2, 0.25) is 0 Å². The zero-order valence-electron chi connectivity index (χ0n) is 6.96. The highest BCUT2D eigenvalue weighted by Gasteiger charge is 1.97. The summed E-state index contributed by atoms with van der Waals surface area (Å²) in [6.45, 7) is 1.96. The van der Waals surface area contributed by atoms with Gasteiger partial charge in [0.15, 0.2) is 0 Å². The van der Waals surface area contributed by atoms with Gasteiger partial charge in [-0.1, -0.05) is 17.7 Å². The predicted octanol–water partition coefficient (Wildman–Crippen LogP) is 2.79. The zero-order chi connectivity index (χ0) is 10.3. The average Bonchev–Trinajstić information content (AvgIpc) is 2.06. The van der Waals surface area contributed by atoms with Crippen LogP contribution in [-0.4, -0.2) is 11.0 Å². The highest BCUT2D eigenvalue weighted by molar-refractivity contribution is 6.67. The van der Waals surface area contributed by atoms with Crippen molar-refractivity contribution in [1.82, 2.24) is 0 Å². The van der Waals surface area contributed by atoms with E-state index in [4.69, 9.17) is 16.4 Å². The molecule has 0 heterocycles. The van der Waals surface area contributed by atoms with Crippen LogP contribution in [0.4, 0.5) is 0 Å². The smallest absolute Gasteiger partial charge is 0.252 e. The van der Waals surface area contributed by atoms with E-state index < -0.39 is 5.24 Å². The lowest BCUT2D eigenvalue weighted by Gasteiger charge is -1.92. The van der Waals surface area contributed by atoms with Crippen molar-refractivity contribution in [2.75, 3.05) is 0 Å². The second-order valence-corrected chi connectivity index (χ2v) is 2.75. The molecule has 0 radical (unpaired) electrons. The number of benzene rings is 1. The molecule has 0 N–H and O–H groups in total. The Hall–Kier alpha value is -0.860. The SMILES string of the molecule is Cc1ccc(C(=O)Cl)cc1.O=CCl. The minimum Gasteiger partial charge on any atom is -0.285 e. The zero-order valence-corrected chi connectivity index (χ0v) is 8.47. The highest BCUT2D eigenvalue weighted by Crippen LogP contribution is 2.05. The third-order valence-electron chi connectivity index (χ3n) is 1.28. The fourth-order valence-corrected chi connectivity index (χ4v) is 0.811. The molecule has 0 amide bonds. The van der Waals surface area contributed by atoms with Crippen molar-refractivity contribution in [3.63, 3.8) is 0 Å². The van der Waals surface area contributed by atoms with Gasteiger partial charge < -0.3 is 0 Å². The fraction of sp³-hybridized carbons (Fsp3) is 0.111. The molecule has 13 heavy (non-hydrogen) atoms. The van der Waals surface area contributed by atoms with E-state index in [-0.39, 0.29) is 5.75 Å². The van der Waals surface area contributed by atoms with Crippen LogP contribution in [0.25, 0.3) is 0 Å². The van der Waals surface area contributed by atoms with Crippen LogP contribution in [0.5, 0.6) is 0 Å². The van der Waals surface area contributed by atoms with Crippen LogP contribution in [0, 0.1) is 6.92 Å². The monoisotopic (exact) mass is 218 g/mol. The van der Waals surface area contributed by atoms with Crippen molar-refractivity contribution in [3.05, 3.63) is 35.4 Å². The minimum absolute atomic E-state index is 0.222. The highest BCUT2D eigenvalue weighted by atomic mass is 35.5. The van der Waals surface area contributed by atoms with Gasteiger partial charge in [-0.25, -0.2) is 0 Å². The Kier molecular flexibility index (Phi) is 6.20. The summed E-state index contributed by atoms with van der Waals surface area (Å²) in [6, 6.07) is 7.14.